The molecule has 0 saturated carbocycles. The zero-order valence-corrected chi connectivity index (χ0v) is 10.1. The minimum absolute atomic E-state index is 0.160. The van der Waals surface area contributed by atoms with Crippen LogP contribution in [0.2, 0.25) is 0 Å². The molecule has 2 rings (SSSR count). The minimum atomic E-state index is -0.391. The zero-order chi connectivity index (χ0) is 13.1. The third-order valence-electron chi connectivity index (χ3n) is 2.76. The average molecular weight is 243 g/mol. The lowest BCUT2D eigenvalue weighted by molar-refractivity contribution is -0.117. The quantitative estimate of drug-likeness (QED) is 0.885. The molecule has 0 radical (unpaired) electrons. The van der Waals surface area contributed by atoms with Crippen molar-refractivity contribution in [1.82, 2.24) is 0 Å². The van der Waals surface area contributed by atoms with Crippen LogP contribution in [-0.2, 0) is 11.2 Å². The molecule has 92 valence electrons. The maximum absolute atomic E-state index is 13.2. The zero-order valence-electron chi connectivity index (χ0n) is 10.1. The van der Waals surface area contributed by atoms with Crippen LogP contribution in [0.1, 0.15) is 11.1 Å². The van der Waals surface area contributed by atoms with Crippen molar-refractivity contribution in [2.24, 2.45) is 5.73 Å². The molecule has 2 aromatic carbocycles. The van der Waals surface area contributed by atoms with Crippen LogP contribution in [0, 0.1) is 12.7 Å². The molecule has 0 unspecified atom stereocenters. The van der Waals surface area contributed by atoms with Gasteiger partial charge in [-0.1, -0.05) is 35.9 Å². The SMILES string of the molecule is Cc1ccc(-c2cccc(F)c2)c(CC(N)=O)c1. The number of carbonyl (C=O) groups is 1. The van der Waals surface area contributed by atoms with E-state index in [2.05, 4.69) is 0 Å². The van der Waals surface area contributed by atoms with E-state index in [1.54, 1.807) is 6.07 Å². The highest BCUT2D eigenvalue weighted by molar-refractivity contribution is 5.80. The van der Waals surface area contributed by atoms with E-state index in [0.717, 1.165) is 22.3 Å². The average Bonchev–Trinajstić information content (AvgIpc) is 2.28. The molecule has 0 bridgehead atoms. The second-order valence-corrected chi connectivity index (χ2v) is 4.31. The highest BCUT2D eigenvalue weighted by atomic mass is 19.1. The van der Waals surface area contributed by atoms with Crippen LogP contribution in [-0.4, -0.2) is 5.91 Å². The predicted molar refractivity (Wildman–Crippen MR) is 69.5 cm³/mol. The fourth-order valence-electron chi connectivity index (χ4n) is 1.99. The number of primary amides is 1. The Hall–Kier alpha value is -2.16. The monoisotopic (exact) mass is 243 g/mol. The predicted octanol–water partition coefficient (Wildman–Crippen LogP) is 2.83. The molecule has 1 amide bonds. The lowest BCUT2D eigenvalue weighted by Gasteiger charge is -2.09. The summed E-state index contributed by atoms with van der Waals surface area (Å²) in [6.07, 6.45) is 0.160. The van der Waals surface area contributed by atoms with E-state index in [0.29, 0.717) is 0 Å². The standard InChI is InChI=1S/C15H14FNO/c1-10-5-6-14(12(7-10)9-15(17)18)11-3-2-4-13(16)8-11/h2-8H,9H2,1H3,(H2,17,18). The Morgan fingerprint density at radius 3 is 2.67 bits per heavy atom. The van der Waals surface area contributed by atoms with Crippen LogP contribution in [0.5, 0.6) is 0 Å². The lowest BCUT2D eigenvalue weighted by Crippen LogP contribution is -2.14. The van der Waals surface area contributed by atoms with Crippen molar-refractivity contribution < 1.29 is 9.18 Å². The van der Waals surface area contributed by atoms with Gasteiger partial charge in [0, 0.05) is 0 Å². The third-order valence-corrected chi connectivity index (χ3v) is 2.76. The molecule has 0 saturated heterocycles. The smallest absolute Gasteiger partial charge is 0.221 e. The van der Waals surface area contributed by atoms with E-state index in [4.69, 9.17) is 5.73 Å². The molecular formula is C15H14FNO. The molecule has 0 heterocycles. The summed E-state index contributed by atoms with van der Waals surface area (Å²) in [6.45, 7) is 1.94. The van der Waals surface area contributed by atoms with Gasteiger partial charge in [-0.2, -0.15) is 0 Å². The summed E-state index contributed by atoms with van der Waals surface area (Å²) in [4.78, 5) is 11.1. The first-order chi connectivity index (χ1) is 8.56. The number of aryl methyl sites for hydroxylation is 1. The van der Waals surface area contributed by atoms with Crippen molar-refractivity contribution in [2.45, 2.75) is 13.3 Å². The van der Waals surface area contributed by atoms with E-state index in [9.17, 15) is 9.18 Å². The van der Waals surface area contributed by atoms with Crippen LogP contribution in [0.15, 0.2) is 42.5 Å². The molecule has 0 aliphatic carbocycles. The Morgan fingerprint density at radius 2 is 2.00 bits per heavy atom. The summed E-state index contributed by atoms with van der Waals surface area (Å²) in [5.41, 5.74) is 8.71. The number of amides is 1. The fourth-order valence-corrected chi connectivity index (χ4v) is 1.99. The van der Waals surface area contributed by atoms with Gasteiger partial charge in [-0.15, -0.1) is 0 Å². The van der Waals surface area contributed by atoms with Crippen molar-refractivity contribution in [3.8, 4) is 11.1 Å². The molecular weight excluding hydrogens is 229 g/mol. The Balaban J connectivity index is 2.52. The van der Waals surface area contributed by atoms with Gasteiger partial charge in [0.05, 0.1) is 6.42 Å². The first kappa shape index (κ1) is 12.3. The summed E-state index contributed by atoms with van der Waals surface area (Å²) >= 11 is 0. The fraction of sp³-hybridized carbons (Fsp3) is 0.133. The molecule has 0 aliphatic rings. The summed E-state index contributed by atoms with van der Waals surface area (Å²) in [5.74, 6) is -0.684. The van der Waals surface area contributed by atoms with Crippen molar-refractivity contribution in [2.75, 3.05) is 0 Å². The molecule has 0 aliphatic heterocycles. The molecule has 2 nitrogen and oxygen atoms in total. The van der Waals surface area contributed by atoms with Gasteiger partial charge in [0.15, 0.2) is 0 Å². The van der Waals surface area contributed by atoms with Gasteiger partial charge in [-0.05, 0) is 35.7 Å². The van der Waals surface area contributed by atoms with E-state index >= 15 is 0 Å². The third kappa shape index (κ3) is 2.74. The van der Waals surface area contributed by atoms with Gasteiger partial charge in [0.2, 0.25) is 5.91 Å². The Morgan fingerprint density at radius 1 is 1.22 bits per heavy atom. The summed E-state index contributed by atoms with van der Waals surface area (Å²) in [5, 5.41) is 0. The number of nitrogens with two attached hydrogens (primary N) is 1. The Kier molecular flexibility index (Phi) is 3.42. The van der Waals surface area contributed by atoms with E-state index in [-0.39, 0.29) is 12.2 Å². The van der Waals surface area contributed by atoms with Crippen LogP contribution in [0.25, 0.3) is 11.1 Å². The van der Waals surface area contributed by atoms with Crippen LogP contribution >= 0.6 is 0 Å². The van der Waals surface area contributed by atoms with Gasteiger partial charge in [-0.25, -0.2) is 4.39 Å². The molecule has 2 N–H and O–H groups in total. The first-order valence-corrected chi connectivity index (χ1v) is 5.70. The first-order valence-electron chi connectivity index (χ1n) is 5.70. The molecule has 0 spiro atoms. The van der Waals surface area contributed by atoms with Gasteiger partial charge in [0.1, 0.15) is 5.82 Å². The van der Waals surface area contributed by atoms with Gasteiger partial charge in [-0.3, -0.25) is 4.79 Å². The maximum atomic E-state index is 13.2. The number of benzene rings is 2. The topological polar surface area (TPSA) is 43.1 Å². The number of carbonyl (C=O) groups excluding carboxylic acids is 1. The number of hydrogen-bond donors (Lipinski definition) is 1. The second kappa shape index (κ2) is 5.00. The van der Waals surface area contributed by atoms with Crippen LogP contribution < -0.4 is 5.73 Å². The van der Waals surface area contributed by atoms with Crippen molar-refractivity contribution >= 4 is 5.91 Å². The second-order valence-electron chi connectivity index (χ2n) is 4.31. The van der Waals surface area contributed by atoms with Gasteiger partial charge >= 0.3 is 0 Å². The van der Waals surface area contributed by atoms with Crippen molar-refractivity contribution in [3.63, 3.8) is 0 Å². The summed E-state index contributed by atoms with van der Waals surface area (Å²) in [6, 6.07) is 12.1. The lowest BCUT2D eigenvalue weighted by atomic mass is 9.95. The van der Waals surface area contributed by atoms with Gasteiger partial charge in [0.25, 0.3) is 0 Å². The summed E-state index contributed by atoms with van der Waals surface area (Å²) in [7, 11) is 0. The highest BCUT2D eigenvalue weighted by Gasteiger charge is 2.08. The van der Waals surface area contributed by atoms with Crippen molar-refractivity contribution in [1.29, 1.82) is 0 Å². The van der Waals surface area contributed by atoms with E-state index in [1.165, 1.54) is 12.1 Å². The van der Waals surface area contributed by atoms with E-state index in [1.807, 2.05) is 31.2 Å². The van der Waals surface area contributed by atoms with Crippen molar-refractivity contribution in [3.05, 3.63) is 59.4 Å². The number of halogens is 1. The number of rotatable bonds is 3. The molecule has 2 aromatic rings. The molecule has 3 heteroatoms. The molecule has 0 aromatic heterocycles. The molecule has 18 heavy (non-hydrogen) atoms. The Bertz CT molecular complexity index is 593. The molecule has 0 fully saturated rings. The minimum Gasteiger partial charge on any atom is -0.369 e. The largest absolute Gasteiger partial charge is 0.369 e. The summed E-state index contributed by atoms with van der Waals surface area (Å²) < 4.78 is 13.2. The highest BCUT2D eigenvalue weighted by Crippen LogP contribution is 2.25. The Labute approximate surface area is 105 Å². The van der Waals surface area contributed by atoms with Crippen LogP contribution in [0.4, 0.5) is 4.39 Å². The molecule has 0 atom stereocenters. The van der Waals surface area contributed by atoms with Gasteiger partial charge < -0.3 is 5.73 Å². The maximum Gasteiger partial charge on any atom is 0.221 e. The number of hydrogen-bond acceptors (Lipinski definition) is 1. The van der Waals surface area contributed by atoms with Crippen LogP contribution in [0.3, 0.4) is 0 Å². The normalized spacial score (nSPS) is 10.3. The van der Waals surface area contributed by atoms with E-state index < -0.39 is 5.91 Å².